The summed E-state index contributed by atoms with van der Waals surface area (Å²) in [5.74, 6) is 0.667. The molecule has 0 bridgehead atoms. The van der Waals surface area contributed by atoms with E-state index in [1.807, 2.05) is 12.2 Å². The van der Waals surface area contributed by atoms with Gasteiger partial charge in [0.2, 0.25) is 0 Å². The summed E-state index contributed by atoms with van der Waals surface area (Å²) in [6, 6.07) is 0. The lowest BCUT2D eigenvalue weighted by Crippen LogP contribution is -1.95. The molecule has 0 heterocycles. The molecule has 0 aromatic carbocycles. The lowest BCUT2D eigenvalue weighted by molar-refractivity contribution is 0.631. The summed E-state index contributed by atoms with van der Waals surface area (Å²) in [4.78, 5) is 0. The molecule has 0 fully saturated rings. The van der Waals surface area contributed by atoms with Gasteiger partial charge in [-0.1, -0.05) is 36.5 Å². The molecule has 0 saturated heterocycles. The van der Waals surface area contributed by atoms with Crippen LogP contribution < -0.4 is 0 Å². The van der Waals surface area contributed by atoms with E-state index in [-0.39, 0.29) is 0 Å². The highest BCUT2D eigenvalue weighted by Crippen LogP contribution is 2.17. The van der Waals surface area contributed by atoms with Crippen LogP contribution in [-0.2, 0) is 0 Å². The lowest BCUT2D eigenvalue weighted by Gasteiger charge is -2.10. The van der Waals surface area contributed by atoms with Gasteiger partial charge in [-0.15, -0.1) is 0 Å². The fourth-order valence-electron chi connectivity index (χ4n) is 1.28. The second-order valence-electron chi connectivity index (χ2n) is 2.84. The third-order valence-electron chi connectivity index (χ3n) is 1.90. The van der Waals surface area contributed by atoms with Gasteiger partial charge in [-0.25, -0.2) is 0 Å². The van der Waals surface area contributed by atoms with Crippen molar-refractivity contribution >= 4 is 0 Å². The number of allylic oxidation sites excluding steroid dienone is 6. The minimum Gasteiger partial charge on any atom is -0.0879 e. The second-order valence-corrected chi connectivity index (χ2v) is 2.84. The van der Waals surface area contributed by atoms with Crippen molar-refractivity contribution in [1.82, 2.24) is 0 Å². The van der Waals surface area contributed by atoms with Crippen LogP contribution in [0.5, 0.6) is 0 Å². The first-order valence-electron chi connectivity index (χ1n) is 4.22. The summed E-state index contributed by atoms with van der Waals surface area (Å²) < 4.78 is 0. The first-order valence-corrected chi connectivity index (χ1v) is 4.22. The van der Waals surface area contributed by atoms with Gasteiger partial charge in [0.25, 0.3) is 0 Å². The van der Waals surface area contributed by atoms with Gasteiger partial charge in [0, 0.05) is 0 Å². The van der Waals surface area contributed by atoms with E-state index in [0.717, 1.165) is 0 Å². The molecule has 1 aliphatic rings. The highest BCUT2D eigenvalue weighted by atomic mass is 14.1. The molecule has 1 rings (SSSR count). The molecule has 59 valence electrons. The van der Waals surface area contributed by atoms with Crippen molar-refractivity contribution in [3.05, 3.63) is 43.4 Å². The zero-order valence-corrected chi connectivity index (χ0v) is 6.87. The van der Waals surface area contributed by atoms with E-state index in [1.165, 1.54) is 19.3 Å². The van der Waals surface area contributed by atoms with Crippen LogP contribution in [-0.4, -0.2) is 0 Å². The maximum Gasteiger partial charge on any atom is -0.00503 e. The highest BCUT2D eigenvalue weighted by Gasteiger charge is 2.02. The van der Waals surface area contributed by atoms with Crippen molar-refractivity contribution in [3.63, 3.8) is 0 Å². The van der Waals surface area contributed by atoms with Gasteiger partial charge in [0.05, 0.1) is 0 Å². The molecule has 1 radical (unpaired) electrons. The van der Waals surface area contributed by atoms with Gasteiger partial charge < -0.3 is 0 Å². The predicted molar refractivity (Wildman–Crippen MR) is 50.1 cm³/mol. The molecule has 0 heteroatoms. The summed E-state index contributed by atoms with van der Waals surface area (Å²) in [5, 5.41) is 0. The van der Waals surface area contributed by atoms with Crippen LogP contribution >= 0.6 is 0 Å². The Labute approximate surface area is 69.3 Å². The molecule has 0 aromatic heterocycles. The first kappa shape index (κ1) is 8.32. The van der Waals surface area contributed by atoms with Gasteiger partial charge in [0.15, 0.2) is 0 Å². The number of hydrogen-bond acceptors (Lipinski definition) is 0. The van der Waals surface area contributed by atoms with E-state index in [0.29, 0.717) is 5.92 Å². The van der Waals surface area contributed by atoms with Gasteiger partial charge in [0.1, 0.15) is 0 Å². The van der Waals surface area contributed by atoms with Crippen molar-refractivity contribution in [1.29, 1.82) is 0 Å². The maximum atomic E-state index is 3.62. The number of rotatable bonds is 2. The normalized spacial score (nSPS) is 25.4. The monoisotopic (exact) mass is 147 g/mol. The van der Waals surface area contributed by atoms with E-state index >= 15 is 0 Å². The maximum absolute atomic E-state index is 3.62. The Morgan fingerprint density at radius 1 is 1.36 bits per heavy atom. The molecule has 0 amide bonds. The van der Waals surface area contributed by atoms with E-state index in [4.69, 9.17) is 0 Å². The average molecular weight is 147 g/mol. The van der Waals surface area contributed by atoms with E-state index in [9.17, 15) is 0 Å². The molecular weight excluding hydrogens is 132 g/mol. The highest BCUT2D eigenvalue weighted by molar-refractivity contribution is 5.10. The Balaban J connectivity index is 2.35. The largest absolute Gasteiger partial charge is 0.0879 e. The molecular formula is C11H15. The van der Waals surface area contributed by atoms with Gasteiger partial charge >= 0.3 is 0 Å². The SMILES string of the molecule is [CH2]/C=C/C=C/C1C=CCCC1. The minimum absolute atomic E-state index is 0.667. The van der Waals surface area contributed by atoms with Gasteiger partial charge in [-0.2, -0.15) is 0 Å². The van der Waals surface area contributed by atoms with Crippen LogP contribution in [0.15, 0.2) is 36.5 Å². The smallest absolute Gasteiger partial charge is 0.00503 e. The topological polar surface area (TPSA) is 0 Å². The third kappa shape index (κ3) is 3.22. The second kappa shape index (κ2) is 4.95. The Morgan fingerprint density at radius 2 is 2.27 bits per heavy atom. The van der Waals surface area contributed by atoms with Gasteiger partial charge in [-0.05, 0) is 32.1 Å². The molecule has 0 spiro atoms. The first-order chi connectivity index (χ1) is 5.43. The average Bonchev–Trinajstić information content (AvgIpc) is 2.07. The third-order valence-corrected chi connectivity index (χ3v) is 1.90. The Morgan fingerprint density at radius 3 is 2.91 bits per heavy atom. The molecule has 0 saturated carbocycles. The van der Waals surface area contributed by atoms with Crippen molar-refractivity contribution in [2.75, 3.05) is 0 Å². The summed E-state index contributed by atoms with van der Waals surface area (Å²) in [6.07, 6.45) is 16.5. The summed E-state index contributed by atoms with van der Waals surface area (Å²) in [6.45, 7) is 3.62. The lowest BCUT2D eigenvalue weighted by atomic mass is 9.96. The molecule has 1 aliphatic carbocycles. The fourth-order valence-corrected chi connectivity index (χ4v) is 1.28. The minimum atomic E-state index is 0.667. The van der Waals surface area contributed by atoms with E-state index in [1.54, 1.807) is 0 Å². The van der Waals surface area contributed by atoms with Crippen molar-refractivity contribution in [2.24, 2.45) is 5.92 Å². The molecule has 1 atom stereocenters. The molecule has 0 aliphatic heterocycles. The standard InChI is InChI=1S/C11H15/c1-2-3-5-8-11-9-6-4-7-10-11/h2-3,5-6,8-9,11H,1,4,7,10H2/b3-2+,8-5+. The van der Waals surface area contributed by atoms with Crippen molar-refractivity contribution in [2.45, 2.75) is 19.3 Å². The predicted octanol–water partition coefficient (Wildman–Crippen LogP) is 3.29. The zero-order valence-electron chi connectivity index (χ0n) is 6.87. The fraction of sp³-hybridized carbons (Fsp3) is 0.364. The molecule has 1 unspecified atom stereocenters. The van der Waals surface area contributed by atoms with Crippen molar-refractivity contribution < 1.29 is 0 Å². The quantitative estimate of drug-likeness (QED) is 0.415. The summed E-state index contributed by atoms with van der Waals surface area (Å²) >= 11 is 0. The zero-order chi connectivity index (χ0) is 7.94. The molecule has 0 nitrogen and oxygen atoms in total. The summed E-state index contributed by atoms with van der Waals surface area (Å²) in [5.41, 5.74) is 0. The Kier molecular flexibility index (Phi) is 3.74. The number of hydrogen-bond donors (Lipinski definition) is 0. The Bertz CT molecular complexity index is 172. The van der Waals surface area contributed by atoms with E-state index in [2.05, 4.69) is 31.2 Å². The van der Waals surface area contributed by atoms with Crippen LogP contribution in [0.1, 0.15) is 19.3 Å². The van der Waals surface area contributed by atoms with Crippen LogP contribution in [0.4, 0.5) is 0 Å². The van der Waals surface area contributed by atoms with Crippen LogP contribution in [0.2, 0.25) is 0 Å². The van der Waals surface area contributed by atoms with E-state index < -0.39 is 0 Å². The van der Waals surface area contributed by atoms with Crippen molar-refractivity contribution in [3.8, 4) is 0 Å². The Hall–Kier alpha value is -0.780. The van der Waals surface area contributed by atoms with Gasteiger partial charge in [-0.3, -0.25) is 0 Å². The van der Waals surface area contributed by atoms with Crippen LogP contribution in [0.25, 0.3) is 0 Å². The molecule has 0 aromatic rings. The summed E-state index contributed by atoms with van der Waals surface area (Å²) in [7, 11) is 0. The van der Waals surface area contributed by atoms with Crippen LogP contribution in [0.3, 0.4) is 0 Å². The van der Waals surface area contributed by atoms with Crippen LogP contribution in [0, 0.1) is 12.8 Å². The molecule has 0 N–H and O–H groups in total. The molecule has 11 heavy (non-hydrogen) atoms.